The van der Waals surface area contributed by atoms with Gasteiger partial charge in [-0.1, -0.05) is 12.1 Å². The minimum Gasteiger partial charge on any atom is -0.334 e. The van der Waals surface area contributed by atoms with Gasteiger partial charge in [-0.3, -0.25) is 10.1 Å². The van der Waals surface area contributed by atoms with E-state index in [1.54, 1.807) is 29.5 Å². The Balaban J connectivity index is 1.84. The van der Waals surface area contributed by atoms with Gasteiger partial charge >= 0.3 is 0 Å². The second-order valence-electron chi connectivity index (χ2n) is 5.51. The standard InChI is InChI=1S/C16H14N4O2S/c21-20(22)12-7-3-2-6-11(12)19-15-14-10-5-1-4-8-13(10)23-16(14)18-9-17-15/h2-3,6-7,9H,1,4-5,8H2,(H,17,18,19). The number of fused-ring (bicyclic) bond motifs is 3. The number of nitro benzene ring substituents is 1. The number of aromatic nitrogens is 2. The van der Waals surface area contributed by atoms with E-state index in [-0.39, 0.29) is 10.6 Å². The van der Waals surface area contributed by atoms with Crippen LogP contribution in [-0.4, -0.2) is 14.9 Å². The topological polar surface area (TPSA) is 81.0 Å². The molecular weight excluding hydrogens is 312 g/mol. The van der Waals surface area contributed by atoms with Crippen molar-refractivity contribution >= 4 is 38.7 Å². The van der Waals surface area contributed by atoms with E-state index in [0.29, 0.717) is 11.5 Å². The second-order valence-corrected chi connectivity index (χ2v) is 6.60. The van der Waals surface area contributed by atoms with Gasteiger partial charge in [-0.25, -0.2) is 9.97 Å². The summed E-state index contributed by atoms with van der Waals surface area (Å²) in [7, 11) is 0. The quantitative estimate of drug-likeness (QED) is 0.575. The summed E-state index contributed by atoms with van der Waals surface area (Å²) in [5.41, 5.74) is 1.80. The average Bonchev–Trinajstić information content (AvgIpc) is 2.94. The zero-order valence-corrected chi connectivity index (χ0v) is 13.1. The fourth-order valence-corrected chi connectivity index (χ4v) is 4.28. The van der Waals surface area contributed by atoms with Crippen LogP contribution in [0, 0.1) is 10.1 Å². The van der Waals surface area contributed by atoms with E-state index in [0.717, 1.165) is 23.1 Å². The number of hydrogen-bond acceptors (Lipinski definition) is 6. The molecule has 23 heavy (non-hydrogen) atoms. The molecule has 1 aromatic carbocycles. The fourth-order valence-electron chi connectivity index (χ4n) is 3.05. The number of nitro groups is 1. The Morgan fingerprint density at radius 3 is 2.87 bits per heavy atom. The number of thiophene rings is 1. The van der Waals surface area contributed by atoms with Crippen molar-refractivity contribution in [2.75, 3.05) is 5.32 Å². The third-order valence-electron chi connectivity index (χ3n) is 4.11. The van der Waals surface area contributed by atoms with E-state index in [1.165, 1.54) is 35.7 Å². The normalized spacial score (nSPS) is 13.7. The molecule has 0 fully saturated rings. The maximum Gasteiger partial charge on any atom is 0.292 e. The van der Waals surface area contributed by atoms with E-state index < -0.39 is 0 Å². The van der Waals surface area contributed by atoms with Crippen molar-refractivity contribution in [3.63, 3.8) is 0 Å². The van der Waals surface area contributed by atoms with E-state index in [4.69, 9.17) is 0 Å². The van der Waals surface area contributed by atoms with Crippen molar-refractivity contribution in [1.82, 2.24) is 9.97 Å². The van der Waals surface area contributed by atoms with Gasteiger partial charge in [0.1, 0.15) is 22.7 Å². The molecule has 0 saturated carbocycles. The first kappa shape index (κ1) is 14.1. The fraction of sp³-hybridized carbons (Fsp3) is 0.250. The SMILES string of the molecule is O=[N+]([O-])c1ccccc1Nc1ncnc2sc3c(c12)CCCC3. The summed E-state index contributed by atoms with van der Waals surface area (Å²) >= 11 is 1.71. The van der Waals surface area contributed by atoms with Gasteiger partial charge in [-0.2, -0.15) is 0 Å². The third-order valence-corrected chi connectivity index (χ3v) is 5.30. The minimum atomic E-state index is -0.385. The largest absolute Gasteiger partial charge is 0.334 e. The molecule has 2 aromatic heterocycles. The van der Waals surface area contributed by atoms with E-state index in [2.05, 4.69) is 15.3 Å². The molecule has 0 amide bonds. The maximum atomic E-state index is 11.2. The molecule has 6 nitrogen and oxygen atoms in total. The van der Waals surface area contributed by atoms with Crippen LogP contribution in [0.2, 0.25) is 0 Å². The van der Waals surface area contributed by atoms with Crippen molar-refractivity contribution in [3.05, 3.63) is 51.1 Å². The van der Waals surface area contributed by atoms with E-state index >= 15 is 0 Å². The van der Waals surface area contributed by atoms with Gasteiger partial charge in [-0.15, -0.1) is 11.3 Å². The van der Waals surface area contributed by atoms with Crippen LogP contribution in [0.1, 0.15) is 23.3 Å². The van der Waals surface area contributed by atoms with Crippen LogP contribution in [0.5, 0.6) is 0 Å². The van der Waals surface area contributed by atoms with Gasteiger partial charge in [0.25, 0.3) is 5.69 Å². The maximum absolute atomic E-state index is 11.2. The lowest BCUT2D eigenvalue weighted by Crippen LogP contribution is -2.02. The predicted molar refractivity (Wildman–Crippen MR) is 90.4 cm³/mol. The zero-order valence-electron chi connectivity index (χ0n) is 12.3. The molecule has 1 aliphatic rings. The van der Waals surface area contributed by atoms with Gasteiger partial charge < -0.3 is 5.32 Å². The molecule has 7 heteroatoms. The number of nitrogens with zero attached hydrogens (tertiary/aromatic N) is 3. The predicted octanol–water partition coefficient (Wildman–Crippen LogP) is 4.22. The van der Waals surface area contributed by atoms with Gasteiger partial charge in [0.15, 0.2) is 0 Å². The van der Waals surface area contributed by atoms with Crippen LogP contribution >= 0.6 is 11.3 Å². The first-order valence-electron chi connectivity index (χ1n) is 7.50. The molecule has 1 N–H and O–H groups in total. The highest BCUT2D eigenvalue weighted by Gasteiger charge is 2.21. The van der Waals surface area contributed by atoms with E-state index in [9.17, 15) is 10.1 Å². The first-order valence-corrected chi connectivity index (χ1v) is 8.31. The Kier molecular flexibility index (Phi) is 3.42. The first-order chi connectivity index (χ1) is 11.2. The average molecular weight is 326 g/mol. The molecule has 0 spiro atoms. The monoisotopic (exact) mass is 326 g/mol. The van der Waals surface area contributed by atoms with Crippen LogP contribution in [0.15, 0.2) is 30.6 Å². The number of para-hydroxylation sites is 2. The molecule has 3 aromatic rings. The lowest BCUT2D eigenvalue weighted by molar-refractivity contribution is -0.383. The summed E-state index contributed by atoms with van der Waals surface area (Å²) in [6.07, 6.45) is 6.00. The summed E-state index contributed by atoms with van der Waals surface area (Å²) in [6.45, 7) is 0. The molecule has 0 aliphatic heterocycles. The van der Waals surface area contributed by atoms with Gasteiger partial charge in [0, 0.05) is 10.9 Å². The summed E-state index contributed by atoms with van der Waals surface area (Å²) in [4.78, 5) is 21.9. The van der Waals surface area contributed by atoms with Crippen LogP contribution in [-0.2, 0) is 12.8 Å². The Hall–Kier alpha value is -2.54. The molecule has 2 heterocycles. The Morgan fingerprint density at radius 1 is 1.17 bits per heavy atom. The molecule has 4 rings (SSSR count). The number of aryl methyl sites for hydroxylation is 2. The number of hydrogen-bond donors (Lipinski definition) is 1. The van der Waals surface area contributed by atoms with Crippen LogP contribution in [0.3, 0.4) is 0 Å². The zero-order chi connectivity index (χ0) is 15.8. The number of anilines is 2. The highest BCUT2D eigenvalue weighted by atomic mass is 32.1. The number of nitrogens with one attached hydrogen (secondary N) is 1. The number of benzene rings is 1. The van der Waals surface area contributed by atoms with Crippen molar-refractivity contribution < 1.29 is 4.92 Å². The molecule has 0 bridgehead atoms. The van der Waals surface area contributed by atoms with Crippen molar-refractivity contribution in [3.8, 4) is 0 Å². The molecule has 0 atom stereocenters. The summed E-state index contributed by atoms with van der Waals surface area (Å²) in [5.74, 6) is 0.656. The third kappa shape index (κ3) is 2.43. The van der Waals surface area contributed by atoms with Gasteiger partial charge in [0.2, 0.25) is 0 Å². The highest BCUT2D eigenvalue weighted by molar-refractivity contribution is 7.19. The molecule has 1 aliphatic carbocycles. The van der Waals surface area contributed by atoms with Crippen LogP contribution in [0.25, 0.3) is 10.2 Å². The molecule has 0 saturated heterocycles. The van der Waals surface area contributed by atoms with Crippen molar-refractivity contribution in [1.29, 1.82) is 0 Å². The van der Waals surface area contributed by atoms with Crippen LogP contribution < -0.4 is 5.32 Å². The summed E-state index contributed by atoms with van der Waals surface area (Å²) in [5, 5.41) is 15.4. The Morgan fingerprint density at radius 2 is 2.00 bits per heavy atom. The minimum absolute atomic E-state index is 0.0448. The van der Waals surface area contributed by atoms with E-state index in [1.807, 2.05) is 0 Å². The summed E-state index contributed by atoms with van der Waals surface area (Å²) < 4.78 is 0. The molecule has 0 unspecified atom stereocenters. The lowest BCUT2D eigenvalue weighted by atomic mass is 9.97. The second kappa shape index (κ2) is 5.58. The summed E-state index contributed by atoms with van der Waals surface area (Å²) in [6, 6.07) is 6.62. The van der Waals surface area contributed by atoms with Gasteiger partial charge in [-0.05, 0) is 37.3 Å². The van der Waals surface area contributed by atoms with Gasteiger partial charge in [0.05, 0.1) is 10.3 Å². The lowest BCUT2D eigenvalue weighted by Gasteiger charge is -2.12. The smallest absolute Gasteiger partial charge is 0.292 e. The van der Waals surface area contributed by atoms with Crippen molar-refractivity contribution in [2.45, 2.75) is 25.7 Å². The highest BCUT2D eigenvalue weighted by Crippen LogP contribution is 2.39. The molecule has 116 valence electrons. The number of rotatable bonds is 3. The molecular formula is C16H14N4O2S. The Bertz CT molecular complexity index is 906. The van der Waals surface area contributed by atoms with Crippen LogP contribution in [0.4, 0.5) is 17.2 Å². The molecule has 0 radical (unpaired) electrons. The Labute approximate surface area is 136 Å². The van der Waals surface area contributed by atoms with Crippen molar-refractivity contribution in [2.24, 2.45) is 0 Å².